The van der Waals surface area contributed by atoms with Gasteiger partial charge < -0.3 is 4.90 Å². The average molecular weight is 372 g/mol. The first-order valence-electron chi connectivity index (χ1n) is 8.77. The standard InChI is InChI=1S/C22H20N4S/c1-25(19-12-6-3-7-13-19)21(18-10-4-2-5-11-18)27-22-24-16-17-26(22)20-14-8-9-15-23-20/h2-17,21H,1H3. The van der Waals surface area contributed by atoms with Gasteiger partial charge in [0.2, 0.25) is 0 Å². The molecule has 0 aliphatic rings. The summed E-state index contributed by atoms with van der Waals surface area (Å²) in [6.45, 7) is 0. The normalized spacial score (nSPS) is 11.9. The number of aromatic nitrogens is 3. The monoisotopic (exact) mass is 372 g/mol. The molecule has 0 aliphatic carbocycles. The molecule has 1 atom stereocenters. The number of pyridine rings is 1. The van der Waals surface area contributed by atoms with Crippen LogP contribution in [0.1, 0.15) is 10.9 Å². The molecule has 0 radical (unpaired) electrons. The number of benzene rings is 2. The van der Waals surface area contributed by atoms with Crippen molar-refractivity contribution >= 4 is 17.4 Å². The van der Waals surface area contributed by atoms with E-state index >= 15 is 0 Å². The topological polar surface area (TPSA) is 34.0 Å². The van der Waals surface area contributed by atoms with Crippen LogP contribution >= 0.6 is 11.8 Å². The third kappa shape index (κ3) is 3.88. The molecule has 0 aliphatic heterocycles. The van der Waals surface area contributed by atoms with E-state index < -0.39 is 0 Å². The van der Waals surface area contributed by atoms with Crippen LogP contribution in [-0.2, 0) is 0 Å². The molecule has 0 saturated carbocycles. The molecule has 2 aromatic heterocycles. The lowest BCUT2D eigenvalue weighted by Gasteiger charge is -2.29. The SMILES string of the molecule is CN(c1ccccc1)C(Sc1nccn1-c1ccccn1)c1ccccc1. The molecule has 2 heterocycles. The van der Waals surface area contributed by atoms with E-state index in [0.717, 1.165) is 16.7 Å². The fourth-order valence-electron chi connectivity index (χ4n) is 2.93. The van der Waals surface area contributed by atoms with Gasteiger partial charge in [-0.2, -0.15) is 0 Å². The van der Waals surface area contributed by atoms with Crippen molar-refractivity contribution in [3.05, 3.63) is 103 Å². The summed E-state index contributed by atoms with van der Waals surface area (Å²) in [7, 11) is 2.12. The van der Waals surface area contributed by atoms with Gasteiger partial charge in [-0.1, -0.05) is 66.4 Å². The van der Waals surface area contributed by atoms with E-state index in [4.69, 9.17) is 0 Å². The van der Waals surface area contributed by atoms with Crippen molar-refractivity contribution in [2.24, 2.45) is 0 Å². The molecule has 2 aromatic carbocycles. The van der Waals surface area contributed by atoms with Crippen molar-refractivity contribution < 1.29 is 0 Å². The summed E-state index contributed by atoms with van der Waals surface area (Å²) in [6, 6.07) is 26.8. The number of hydrogen-bond acceptors (Lipinski definition) is 4. The van der Waals surface area contributed by atoms with E-state index in [9.17, 15) is 0 Å². The molecule has 0 bridgehead atoms. The molecule has 4 aromatic rings. The van der Waals surface area contributed by atoms with Crippen LogP contribution in [-0.4, -0.2) is 21.6 Å². The summed E-state index contributed by atoms with van der Waals surface area (Å²) in [5.41, 5.74) is 2.39. The molecule has 4 nitrogen and oxygen atoms in total. The molecule has 4 rings (SSSR count). The minimum atomic E-state index is 0.0819. The summed E-state index contributed by atoms with van der Waals surface area (Å²) < 4.78 is 2.03. The van der Waals surface area contributed by atoms with Gasteiger partial charge in [-0.05, 0) is 29.8 Å². The van der Waals surface area contributed by atoms with Crippen molar-refractivity contribution in [2.45, 2.75) is 10.5 Å². The molecule has 1 unspecified atom stereocenters. The smallest absolute Gasteiger partial charge is 0.176 e. The third-order valence-electron chi connectivity index (χ3n) is 4.32. The molecule has 0 amide bonds. The van der Waals surface area contributed by atoms with Gasteiger partial charge in [-0.25, -0.2) is 9.97 Å². The molecule has 0 saturated heterocycles. The highest BCUT2D eigenvalue weighted by atomic mass is 32.2. The Morgan fingerprint density at radius 1 is 0.815 bits per heavy atom. The summed E-state index contributed by atoms with van der Waals surface area (Å²) >= 11 is 1.71. The lowest BCUT2D eigenvalue weighted by molar-refractivity contribution is 0.839. The highest BCUT2D eigenvalue weighted by Gasteiger charge is 2.21. The van der Waals surface area contributed by atoms with Crippen LogP contribution in [0.2, 0.25) is 0 Å². The van der Waals surface area contributed by atoms with Gasteiger partial charge in [0.25, 0.3) is 0 Å². The van der Waals surface area contributed by atoms with Crippen LogP contribution in [0.5, 0.6) is 0 Å². The van der Waals surface area contributed by atoms with Crippen molar-refractivity contribution in [3.8, 4) is 5.82 Å². The molecular formula is C22H20N4S. The molecule has 0 N–H and O–H groups in total. The number of imidazole rings is 1. The predicted molar refractivity (Wildman–Crippen MR) is 111 cm³/mol. The number of thioether (sulfide) groups is 1. The second-order valence-electron chi connectivity index (χ2n) is 6.10. The Balaban J connectivity index is 1.70. The summed E-state index contributed by atoms with van der Waals surface area (Å²) in [5.74, 6) is 0.867. The molecular weight excluding hydrogens is 352 g/mol. The Kier molecular flexibility index (Phi) is 5.21. The quantitative estimate of drug-likeness (QED) is 0.344. The van der Waals surface area contributed by atoms with E-state index in [1.54, 1.807) is 18.0 Å². The lowest BCUT2D eigenvalue weighted by atomic mass is 10.2. The van der Waals surface area contributed by atoms with E-state index in [1.807, 2.05) is 47.3 Å². The average Bonchev–Trinajstić information content (AvgIpc) is 3.22. The first-order chi connectivity index (χ1) is 13.3. The molecule has 0 spiro atoms. The Bertz CT molecular complexity index is 971. The number of rotatable bonds is 6. The van der Waals surface area contributed by atoms with Gasteiger partial charge in [-0.15, -0.1) is 0 Å². The Morgan fingerprint density at radius 2 is 1.52 bits per heavy atom. The van der Waals surface area contributed by atoms with Gasteiger partial charge in [-0.3, -0.25) is 4.57 Å². The van der Waals surface area contributed by atoms with Crippen LogP contribution in [0.4, 0.5) is 5.69 Å². The molecule has 134 valence electrons. The van der Waals surface area contributed by atoms with Crippen LogP contribution in [0.3, 0.4) is 0 Å². The maximum atomic E-state index is 4.59. The van der Waals surface area contributed by atoms with Crippen LogP contribution in [0, 0.1) is 0 Å². The summed E-state index contributed by atoms with van der Waals surface area (Å²) in [5, 5.41) is 0.990. The maximum Gasteiger partial charge on any atom is 0.176 e. The zero-order valence-electron chi connectivity index (χ0n) is 15.0. The molecule has 0 fully saturated rings. The van der Waals surface area contributed by atoms with Crippen molar-refractivity contribution in [1.29, 1.82) is 0 Å². The fraction of sp³-hybridized carbons (Fsp3) is 0.0909. The zero-order chi connectivity index (χ0) is 18.5. The number of para-hydroxylation sites is 1. The first-order valence-corrected chi connectivity index (χ1v) is 9.65. The summed E-state index contributed by atoms with van der Waals surface area (Å²) in [6.07, 6.45) is 5.57. The van der Waals surface area contributed by atoms with Gasteiger partial charge in [0.15, 0.2) is 5.16 Å². The minimum Gasteiger partial charge on any atom is -0.358 e. The van der Waals surface area contributed by atoms with Crippen molar-refractivity contribution in [1.82, 2.24) is 14.5 Å². The predicted octanol–water partition coefficient (Wildman–Crippen LogP) is 5.19. The number of hydrogen-bond donors (Lipinski definition) is 0. The van der Waals surface area contributed by atoms with Gasteiger partial charge in [0.05, 0.1) is 0 Å². The van der Waals surface area contributed by atoms with Crippen molar-refractivity contribution in [2.75, 3.05) is 11.9 Å². The third-order valence-corrected chi connectivity index (χ3v) is 5.64. The number of nitrogens with zero attached hydrogens (tertiary/aromatic N) is 4. The van der Waals surface area contributed by atoms with Gasteiger partial charge >= 0.3 is 0 Å². The second-order valence-corrected chi connectivity index (χ2v) is 7.14. The minimum absolute atomic E-state index is 0.0819. The Hall–Kier alpha value is -3.05. The highest BCUT2D eigenvalue weighted by Crippen LogP contribution is 2.39. The second kappa shape index (κ2) is 8.10. The first kappa shape index (κ1) is 17.4. The Labute approximate surface area is 163 Å². The van der Waals surface area contributed by atoms with Crippen LogP contribution < -0.4 is 4.90 Å². The molecule has 27 heavy (non-hydrogen) atoms. The largest absolute Gasteiger partial charge is 0.358 e. The lowest BCUT2D eigenvalue weighted by Crippen LogP contribution is -2.22. The zero-order valence-corrected chi connectivity index (χ0v) is 15.8. The van der Waals surface area contributed by atoms with E-state index in [2.05, 4.69) is 70.4 Å². The van der Waals surface area contributed by atoms with Crippen LogP contribution in [0.25, 0.3) is 5.82 Å². The summed E-state index contributed by atoms with van der Waals surface area (Å²) in [4.78, 5) is 11.3. The van der Waals surface area contributed by atoms with Crippen LogP contribution in [0.15, 0.2) is 103 Å². The van der Waals surface area contributed by atoms with Crippen molar-refractivity contribution in [3.63, 3.8) is 0 Å². The van der Waals surface area contributed by atoms with Gasteiger partial charge in [0, 0.05) is 31.3 Å². The molecule has 5 heteroatoms. The highest BCUT2D eigenvalue weighted by molar-refractivity contribution is 7.99. The van der Waals surface area contributed by atoms with E-state index in [1.165, 1.54) is 5.56 Å². The van der Waals surface area contributed by atoms with Gasteiger partial charge in [0.1, 0.15) is 11.2 Å². The van der Waals surface area contributed by atoms with E-state index in [0.29, 0.717) is 0 Å². The van der Waals surface area contributed by atoms with E-state index in [-0.39, 0.29) is 5.37 Å². The fourth-order valence-corrected chi connectivity index (χ4v) is 4.10. The Morgan fingerprint density at radius 3 is 2.22 bits per heavy atom. The number of anilines is 1. The maximum absolute atomic E-state index is 4.59.